The summed E-state index contributed by atoms with van der Waals surface area (Å²) < 4.78 is 0. The van der Waals surface area contributed by atoms with E-state index in [2.05, 4.69) is 20.2 Å². The van der Waals surface area contributed by atoms with Crippen LogP contribution < -0.4 is 10.6 Å². The first-order valence-electron chi connectivity index (χ1n) is 9.05. The summed E-state index contributed by atoms with van der Waals surface area (Å²) in [6.07, 6.45) is 5.56. The van der Waals surface area contributed by atoms with E-state index < -0.39 is 0 Å². The zero-order valence-corrected chi connectivity index (χ0v) is 14.9. The van der Waals surface area contributed by atoms with Gasteiger partial charge in [0.05, 0.1) is 17.2 Å². The van der Waals surface area contributed by atoms with Crippen LogP contribution >= 0.6 is 0 Å². The number of hydrogen-bond donors (Lipinski definition) is 1. The molecule has 3 aromatic rings. The summed E-state index contributed by atoms with van der Waals surface area (Å²) in [6, 6.07) is 13.7. The van der Waals surface area contributed by atoms with Crippen molar-refractivity contribution in [1.29, 1.82) is 0 Å². The van der Waals surface area contributed by atoms with E-state index in [1.54, 1.807) is 0 Å². The Kier molecular flexibility index (Phi) is 4.74. The zero-order valence-electron chi connectivity index (χ0n) is 14.9. The van der Waals surface area contributed by atoms with Crippen LogP contribution in [-0.2, 0) is 0 Å². The molecule has 27 heavy (non-hydrogen) atoms. The van der Waals surface area contributed by atoms with Gasteiger partial charge >= 0.3 is 0 Å². The number of hydrogen-bond acceptors (Lipinski definition) is 4. The molecule has 0 aliphatic carbocycles. The van der Waals surface area contributed by atoms with Crippen molar-refractivity contribution in [2.75, 3.05) is 18.0 Å². The molecule has 4 rings (SSSR count). The van der Waals surface area contributed by atoms with E-state index in [-0.39, 0.29) is 5.84 Å². The highest BCUT2D eigenvalue weighted by Crippen LogP contribution is 2.25. The highest BCUT2D eigenvalue weighted by Gasteiger charge is 2.13. The summed E-state index contributed by atoms with van der Waals surface area (Å²) >= 11 is 0. The first kappa shape index (κ1) is 17.1. The fourth-order valence-corrected chi connectivity index (χ4v) is 3.42. The van der Waals surface area contributed by atoms with Crippen LogP contribution in [0, 0.1) is 0 Å². The molecule has 7 nitrogen and oxygen atoms in total. The van der Waals surface area contributed by atoms with Crippen LogP contribution in [-0.4, -0.2) is 28.9 Å². The van der Waals surface area contributed by atoms with Gasteiger partial charge in [-0.05, 0) is 54.2 Å². The van der Waals surface area contributed by atoms with E-state index in [1.165, 1.54) is 19.3 Å². The van der Waals surface area contributed by atoms with E-state index in [4.69, 9.17) is 16.2 Å². The Balaban J connectivity index is 1.71. The van der Waals surface area contributed by atoms with Crippen LogP contribution in [0.25, 0.3) is 27.7 Å². The van der Waals surface area contributed by atoms with Crippen LogP contribution in [0.1, 0.15) is 24.8 Å². The van der Waals surface area contributed by atoms with Crippen molar-refractivity contribution >= 4 is 22.7 Å². The Bertz CT molecular complexity index is 1010. The minimum absolute atomic E-state index is 0.160. The molecular weight excluding hydrogens is 338 g/mol. The van der Waals surface area contributed by atoms with Crippen molar-refractivity contribution in [3.8, 4) is 11.1 Å². The summed E-state index contributed by atoms with van der Waals surface area (Å²) in [5.41, 5.74) is 18.8. The van der Waals surface area contributed by atoms with Crippen LogP contribution in [0.3, 0.4) is 0 Å². The number of nitrogens with zero attached hydrogens (tertiary/aromatic N) is 6. The quantitative estimate of drug-likeness (QED) is 0.330. The number of piperidine rings is 1. The first-order valence-corrected chi connectivity index (χ1v) is 9.05. The van der Waals surface area contributed by atoms with Crippen molar-refractivity contribution in [2.45, 2.75) is 19.3 Å². The highest BCUT2D eigenvalue weighted by molar-refractivity contribution is 5.98. The minimum Gasteiger partial charge on any atom is -0.400 e. The SMILES string of the molecule is [N-]=N/N=C(\N)c1cccc(-c2ccc3ncc(N4CCCCC4)nc3c2)c1. The van der Waals surface area contributed by atoms with Gasteiger partial charge in [0.1, 0.15) is 5.82 Å². The second-order valence-electron chi connectivity index (χ2n) is 6.63. The molecule has 2 N–H and O–H groups in total. The summed E-state index contributed by atoms with van der Waals surface area (Å²) in [7, 11) is 0. The molecule has 1 aliphatic rings. The molecule has 0 spiro atoms. The van der Waals surface area contributed by atoms with Crippen molar-refractivity contribution in [2.24, 2.45) is 16.1 Å². The summed E-state index contributed by atoms with van der Waals surface area (Å²) in [4.78, 5) is 11.7. The van der Waals surface area contributed by atoms with Gasteiger partial charge in [0.15, 0.2) is 0 Å². The van der Waals surface area contributed by atoms with E-state index in [0.29, 0.717) is 5.56 Å². The molecule has 1 fully saturated rings. The molecule has 1 aromatic heterocycles. The third-order valence-corrected chi connectivity index (χ3v) is 4.85. The van der Waals surface area contributed by atoms with Crippen LogP contribution in [0.5, 0.6) is 0 Å². The van der Waals surface area contributed by atoms with Gasteiger partial charge in [-0.15, -0.1) is 0 Å². The molecule has 2 heterocycles. The van der Waals surface area contributed by atoms with Gasteiger partial charge < -0.3 is 21.3 Å². The van der Waals surface area contributed by atoms with Crippen molar-refractivity contribution in [1.82, 2.24) is 9.97 Å². The number of aromatic nitrogens is 2. The Hall–Kier alpha value is -3.35. The minimum atomic E-state index is 0.160. The number of benzene rings is 2. The smallest absolute Gasteiger partial charge is 0.147 e. The van der Waals surface area contributed by atoms with Crippen LogP contribution in [0.4, 0.5) is 5.82 Å². The third kappa shape index (κ3) is 3.62. The van der Waals surface area contributed by atoms with Crippen LogP contribution in [0.15, 0.2) is 59.0 Å². The van der Waals surface area contributed by atoms with Gasteiger partial charge in [0.2, 0.25) is 0 Å². The first-order chi connectivity index (χ1) is 13.2. The lowest BCUT2D eigenvalue weighted by molar-refractivity contribution is 0.573. The van der Waals surface area contributed by atoms with E-state index in [1.807, 2.05) is 48.7 Å². The number of rotatable bonds is 4. The van der Waals surface area contributed by atoms with Gasteiger partial charge in [-0.1, -0.05) is 24.3 Å². The third-order valence-electron chi connectivity index (χ3n) is 4.85. The maximum absolute atomic E-state index is 8.57. The van der Waals surface area contributed by atoms with Gasteiger partial charge in [0.25, 0.3) is 0 Å². The molecular formula is C20H20N7-. The Morgan fingerprint density at radius 1 is 1.00 bits per heavy atom. The van der Waals surface area contributed by atoms with Gasteiger partial charge in [-0.3, -0.25) is 10.2 Å². The second-order valence-corrected chi connectivity index (χ2v) is 6.63. The van der Waals surface area contributed by atoms with Crippen molar-refractivity contribution < 1.29 is 0 Å². The lowest BCUT2D eigenvalue weighted by Crippen LogP contribution is -2.30. The Labute approximate surface area is 157 Å². The van der Waals surface area contributed by atoms with Gasteiger partial charge in [0, 0.05) is 18.9 Å². The molecule has 2 aromatic carbocycles. The lowest BCUT2D eigenvalue weighted by atomic mass is 10.0. The summed E-state index contributed by atoms with van der Waals surface area (Å²) in [5, 5.41) is 6.24. The van der Waals surface area contributed by atoms with Gasteiger partial charge in [-0.25, -0.2) is 4.98 Å². The fourth-order valence-electron chi connectivity index (χ4n) is 3.42. The molecule has 0 unspecified atom stereocenters. The number of nitrogens with two attached hydrogens (primary N) is 1. The molecule has 7 heteroatoms. The maximum atomic E-state index is 8.57. The predicted molar refractivity (Wildman–Crippen MR) is 108 cm³/mol. The molecule has 0 atom stereocenters. The highest BCUT2D eigenvalue weighted by atomic mass is 15.3. The van der Waals surface area contributed by atoms with E-state index >= 15 is 0 Å². The molecule has 0 amide bonds. The topological polar surface area (TPSA) is 102 Å². The monoisotopic (exact) mass is 358 g/mol. The Morgan fingerprint density at radius 3 is 2.63 bits per heavy atom. The average molecular weight is 358 g/mol. The fraction of sp³-hybridized carbons (Fsp3) is 0.250. The van der Waals surface area contributed by atoms with Gasteiger partial charge in [-0.2, -0.15) is 0 Å². The van der Waals surface area contributed by atoms with Crippen molar-refractivity contribution in [3.63, 3.8) is 0 Å². The number of fused-ring (bicyclic) bond motifs is 1. The zero-order chi connectivity index (χ0) is 18.6. The van der Waals surface area contributed by atoms with Crippen molar-refractivity contribution in [3.05, 3.63) is 59.8 Å². The lowest BCUT2D eigenvalue weighted by Gasteiger charge is -2.27. The number of amidine groups is 1. The maximum Gasteiger partial charge on any atom is 0.147 e. The second kappa shape index (κ2) is 7.49. The molecule has 1 saturated heterocycles. The average Bonchev–Trinajstić information content (AvgIpc) is 2.74. The molecule has 136 valence electrons. The van der Waals surface area contributed by atoms with E-state index in [0.717, 1.165) is 41.1 Å². The standard InChI is InChI=1S/C20H20N7/c21-20(25-26-22)16-6-4-5-14(11-16)15-7-8-17-18(12-15)24-19(13-23-17)27-9-2-1-3-10-27/h4-8,11-13H,1-3,9-10H2,(H2-,21,22,25)/q-1. The molecule has 1 aliphatic heterocycles. The van der Waals surface area contributed by atoms with Crippen LogP contribution in [0.2, 0.25) is 0 Å². The summed E-state index contributed by atoms with van der Waals surface area (Å²) in [5.74, 6) is 1.10. The van der Waals surface area contributed by atoms with E-state index in [9.17, 15) is 0 Å². The summed E-state index contributed by atoms with van der Waals surface area (Å²) in [6.45, 7) is 2.08. The normalized spacial score (nSPS) is 15.1. The molecule has 0 bridgehead atoms. The molecule has 0 saturated carbocycles. The predicted octanol–water partition coefficient (Wildman–Crippen LogP) is 3.93. The number of anilines is 1. The largest absolute Gasteiger partial charge is 0.400 e. The Morgan fingerprint density at radius 2 is 1.81 bits per heavy atom. The molecule has 0 radical (unpaired) electrons.